The molecule has 0 atom stereocenters. The summed E-state index contributed by atoms with van der Waals surface area (Å²) >= 11 is 0. The molecule has 134 valence electrons. The summed E-state index contributed by atoms with van der Waals surface area (Å²) in [5.74, 6) is -0.465. The quantitative estimate of drug-likeness (QED) is 0.582. The number of carbonyl (C=O) groups is 1. The molecule has 0 spiro atoms. The molecule has 0 aliphatic heterocycles. The number of anilines is 1. The summed E-state index contributed by atoms with van der Waals surface area (Å²) in [6, 6.07) is 16.5. The number of hydrogen-bond donors (Lipinski definition) is 2. The van der Waals surface area contributed by atoms with Crippen molar-refractivity contribution in [3.63, 3.8) is 0 Å². The van der Waals surface area contributed by atoms with E-state index >= 15 is 0 Å². The number of rotatable bonds is 4. The molecule has 2 aromatic carbocycles. The van der Waals surface area contributed by atoms with Gasteiger partial charge >= 0.3 is 0 Å². The van der Waals surface area contributed by atoms with Crippen molar-refractivity contribution in [1.82, 2.24) is 19.8 Å². The van der Waals surface area contributed by atoms with Crippen LogP contribution in [0.25, 0.3) is 16.8 Å². The molecule has 0 aliphatic carbocycles. The number of nitrogens with zero attached hydrogens (tertiary/aromatic N) is 3. The number of amides is 1. The Kier molecular flexibility index (Phi) is 4.21. The van der Waals surface area contributed by atoms with Crippen LogP contribution in [0.2, 0.25) is 0 Å². The first kappa shape index (κ1) is 16.6. The highest BCUT2D eigenvalue weighted by Crippen LogP contribution is 2.18. The minimum Gasteiger partial charge on any atom is -0.326 e. The number of benzene rings is 2. The van der Waals surface area contributed by atoms with Gasteiger partial charge in [0.25, 0.3) is 5.56 Å². The normalized spacial score (nSPS) is 10.9. The standard InChI is InChI=1S/C19H14FN5O2/c20-13-6-8-14(9-7-13)21-18(26)11-17-22-23-19(27)16-10-15(24-25(16)17)12-4-2-1-3-5-12/h1-10H,11H2,(H,21,26)(H,23,27). The molecule has 0 radical (unpaired) electrons. The fraction of sp³-hybridized carbons (Fsp3) is 0.0526. The van der Waals surface area contributed by atoms with E-state index < -0.39 is 5.56 Å². The van der Waals surface area contributed by atoms with Crippen LogP contribution >= 0.6 is 0 Å². The highest BCUT2D eigenvalue weighted by Gasteiger charge is 2.14. The molecule has 0 bridgehead atoms. The number of aromatic nitrogens is 4. The molecule has 8 heteroatoms. The molecule has 27 heavy (non-hydrogen) atoms. The van der Waals surface area contributed by atoms with Crippen LogP contribution in [0.15, 0.2) is 65.5 Å². The van der Waals surface area contributed by atoms with Crippen molar-refractivity contribution in [2.24, 2.45) is 0 Å². The largest absolute Gasteiger partial charge is 0.326 e. The van der Waals surface area contributed by atoms with Gasteiger partial charge in [-0.15, -0.1) is 0 Å². The minimum atomic E-state index is -0.396. The van der Waals surface area contributed by atoms with E-state index in [2.05, 4.69) is 20.6 Å². The lowest BCUT2D eigenvalue weighted by molar-refractivity contribution is -0.115. The van der Waals surface area contributed by atoms with Crippen LogP contribution in [0.1, 0.15) is 5.82 Å². The molecule has 0 fully saturated rings. The maximum absolute atomic E-state index is 13.0. The summed E-state index contributed by atoms with van der Waals surface area (Å²) in [6.45, 7) is 0. The van der Waals surface area contributed by atoms with E-state index in [1.165, 1.54) is 28.8 Å². The van der Waals surface area contributed by atoms with Gasteiger partial charge in [0.05, 0.1) is 12.1 Å². The molecule has 2 N–H and O–H groups in total. The topological polar surface area (TPSA) is 92.2 Å². The molecule has 2 heterocycles. The fourth-order valence-corrected chi connectivity index (χ4v) is 2.71. The van der Waals surface area contributed by atoms with E-state index in [9.17, 15) is 14.0 Å². The molecule has 4 rings (SSSR count). The Morgan fingerprint density at radius 1 is 1.11 bits per heavy atom. The third-order valence-corrected chi connectivity index (χ3v) is 3.99. The van der Waals surface area contributed by atoms with E-state index in [1.807, 2.05) is 30.3 Å². The van der Waals surface area contributed by atoms with Gasteiger partial charge in [0.2, 0.25) is 5.91 Å². The Bertz CT molecular complexity index is 1170. The van der Waals surface area contributed by atoms with Gasteiger partial charge in [0, 0.05) is 11.3 Å². The Labute approximate surface area is 152 Å². The van der Waals surface area contributed by atoms with Crippen molar-refractivity contribution in [1.29, 1.82) is 0 Å². The van der Waals surface area contributed by atoms with Gasteiger partial charge in [-0.05, 0) is 30.3 Å². The monoisotopic (exact) mass is 363 g/mol. The van der Waals surface area contributed by atoms with Gasteiger partial charge in [-0.3, -0.25) is 9.59 Å². The summed E-state index contributed by atoms with van der Waals surface area (Å²) in [5.41, 5.74) is 1.82. The van der Waals surface area contributed by atoms with Crippen LogP contribution in [0.3, 0.4) is 0 Å². The Morgan fingerprint density at radius 3 is 2.59 bits per heavy atom. The molecular formula is C19H14FN5O2. The van der Waals surface area contributed by atoms with Crippen LogP contribution in [-0.4, -0.2) is 25.7 Å². The zero-order valence-electron chi connectivity index (χ0n) is 14.0. The minimum absolute atomic E-state index is 0.111. The van der Waals surface area contributed by atoms with Crippen molar-refractivity contribution in [2.75, 3.05) is 5.32 Å². The van der Waals surface area contributed by atoms with Crippen molar-refractivity contribution < 1.29 is 9.18 Å². The molecule has 0 saturated heterocycles. The fourth-order valence-electron chi connectivity index (χ4n) is 2.71. The average Bonchev–Trinajstić information content (AvgIpc) is 3.13. The summed E-state index contributed by atoms with van der Waals surface area (Å²) < 4.78 is 14.3. The highest BCUT2D eigenvalue weighted by molar-refractivity contribution is 5.91. The van der Waals surface area contributed by atoms with Gasteiger partial charge < -0.3 is 5.32 Å². The molecular weight excluding hydrogens is 349 g/mol. The molecule has 1 amide bonds. The summed E-state index contributed by atoms with van der Waals surface area (Å²) in [7, 11) is 0. The van der Waals surface area contributed by atoms with E-state index in [-0.39, 0.29) is 24.0 Å². The number of aromatic amines is 1. The number of fused-ring (bicyclic) bond motifs is 1. The third-order valence-electron chi connectivity index (χ3n) is 3.99. The van der Waals surface area contributed by atoms with Crippen molar-refractivity contribution in [2.45, 2.75) is 6.42 Å². The van der Waals surface area contributed by atoms with Crippen LogP contribution in [0.4, 0.5) is 10.1 Å². The first-order valence-corrected chi connectivity index (χ1v) is 8.18. The van der Waals surface area contributed by atoms with Crippen LogP contribution in [0.5, 0.6) is 0 Å². The smallest absolute Gasteiger partial charge is 0.290 e. The molecule has 4 aromatic rings. The van der Waals surface area contributed by atoms with Gasteiger partial charge in [0.1, 0.15) is 11.3 Å². The number of hydrogen-bond acceptors (Lipinski definition) is 4. The number of H-pyrrole nitrogens is 1. The number of carbonyl (C=O) groups excluding carboxylic acids is 1. The van der Waals surface area contributed by atoms with Gasteiger partial charge in [-0.2, -0.15) is 10.2 Å². The average molecular weight is 363 g/mol. The second-order valence-corrected chi connectivity index (χ2v) is 5.89. The molecule has 0 saturated carbocycles. The zero-order valence-corrected chi connectivity index (χ0v) is 14.0. The van der Waals surface area contributed by atoms with E-state index in [0.29, 0.717) is 16.9 Å². The predicted octanol–water partition coefficient (Wildman–Crippen LogP) is 2.40. The first-order chi connectivity index (χ1) is 13.1. The Morgan fingerprint density at radius 2 is 1.85 bits per heavy atom. The van der Waals surface area contributed by atoms with Gasteiger partial charge in [-0.1, -0.05) is 30.3 Å². The lowest BCUT2D eigenvalue weighted by Gasteiger charge is -2.05. The Hall–Kier alpha value is -3.81. The third kappa shape index (κ3) is 3.45. The van der Waals surface area contributed by atoms with Crippen LogP contribution in [0, 0.1) is 5.82 Å². The Balaban J connectivity index is 1.64. The molecule has 0 aliphatic rings. The van der Waals surface area contributed by atoms with Crippen LogP contribution in [-0.2, 0) is 11.2 Å². The lowest BCUT2D eigenvalue weighted by atomic mass is 10.1. The predicted molar refractivity (Wildman–Crippen MR) is 97.8 cm³/mol. The summed E-state index contributed by atoms with van der Waals surface area (Å²) in [5, 5.41) is 13.4. The zero-order chi connectivity index (χ0) is 18.8. The molecule has 2 aromatic heterocycles. The second-order valence-electron chi connectivity index (χ2n) is 5.89. The van der Waals surface area contributed by atoms with Crippen molar-refractivity contribution in [3.8, 4) is 11.3 Å². The SMILES string of the molecule is O=C(Cc1n[nH]c(=O)c2cc(-c3ccccc3)nn12)Nc1ccc(F)cc1. The second kappa shape index (κ2) is 6.83. The van der Waals surface area contributed by atoms with Crippen molar-refractivity contribution >= 4 is 17.1 Å². The van der Waals surface area contributed by atoms with Crippen LogP contribution < -0.4 is 10.9 Å². The summed E-state index contributed by atoms with van der Waals surface area (Å²) in [4.78, 5) is 24.4. The molecule has 0 unspecified atom stereocenters. The van der Waals surface area contributed by atoms with Gasteiger partial charge in [-0.25, -0.2) is 14.0 Å². The lowest BCUT2D eigenvalue weighted by Crippen LogP contribution is -2.22. The van der Waals surface area contributed by atoms with Crippen molar-refractivity contribution in [3.05, 3.63) is 82.7 Å². The molecule has 7 nitrogen and oxygen atoms in total. The maximum atomic E-state index is 13.0. The van der Waals surface area contributed by atoms with E-state index in [1.54, 1.807) is 6.07 Å². The maximum Gasteiger partial charge on any atom is 0.290 e. The van der Waals surface area contributed by atoms with E-state index in [4.69, 9.17) is 0 Å². The van der Waals surface area contributed by atoms with E-state index in [0.717, 1.165) is 5.56 Å². The number of nitrogens with one attached hydrogen (secondary N) is 2. The highest BCUT2D eigenvalue weighted by atomic mass is 19.1. The first-order valence-electron chi connectivity index (χ1n) is 8.18. The number of halogens is 1. The van der Waals surface area contributed by atoms with Gasteiger partial charge in [0.15, 0.2) is 5.82 Å². The summed E-state index contributed by atoms with van der Waals surface area (Å²) in [6.07, 6.45) is -0.111.